The Hall–Kier alpha value is -4.74. The van der Waals surface area contributed by atoms with Crippen LogP contribution in [0.2, 0.25) is 0 Å². The fraction of sp³-hybridized carbons (Fsp3) is 0.185. The molecule has 11 nitrogen and oxygen atoms in total. The van der Waals surface area contributed by atoms with Crippen molar-refractivity contribution >= 4 is 35.0 Å². The van der Waals surface area contributed by atoms with E-state index in [1.54, 1.807) is 62.4 Å². The molecule has 4 rings (SSSR count). The number of quaternary nitrogens is 1. The lowest BCUT2D eigenvalue weighted by Crippen LogP contribution is -2.55. The Morgan fingerprint density at radius 2 is 1.74 bits per heavy atom. The molecule has 3 aromatic rings. The lowest BCUT2D eigenvalue weighted by molar-refractivity contribution is -0.130. The third-order valence-corrected chi connectivity index (χ3v) is 6.38. The molecule has 0 spiro atoms. The van der Waals surface area contributed by atoms with Crippen molar-refractivity contribution in [1.29, 1.82) is 0 Å². The van der Waals surface area contributed by atoms with E-state index in [0.29, 0.717) is 28.6 Å². The van der Waals surface area contributed by atoms with Crippen molar-refractivity contribution in [3.63, 3.8) is 0 Å². The molecular formula is C27H29N6O5+. The number of ether oxygens (including phenoxy) is 1. The predicted octanol–water partition coefficient (Wildman–Crippen LogP) is 3.12. The fourth-order valence-electron chi connectivity index (χ4n) is 4.36. The topological polar surface area (TPSA) is 138 Å². The first kappa shape index (κ1) is 26.3. The Morgan fingerprint density at radius 1 is 1.08 bits per heavy atom. The maximum atomic E-state index is 13.8. The van der Waals surface area contributed by atoms with E-state index in [4.69, 9.17) is 15.6 Å². The lowest BCUT2D eigenvalue weighted by atomic mass is 10.1. The number of carbonyl (C=O) groups excluding carboxylic acids is 3. The van der Waals surface area contributed by atoms with Gasteiger partial charge < -0.3 is 20.5 Å². The number of aliphatic hydroxyl groups is 1. The van der Waals surface area contributed by atoms with Crippen LogP contribution in [-0.2, 0) is 9.59 Å². The van der Waals surface area contributed by atoms with Crippen molar-refractivity contribution in [3.8, 4) is 11.5 Å². The predicted molar refractivity (Wildman–Crippen MR) is 142 cm³/mol. The molecule has 196 valence electrons. The summed E-state index contributed by atoms with van der Waals surface area (Å²) in [5.74, 6) is -0.0265. The molecule has 4 amide bonds. The monoisotopic (exact) mass is 517 g/mol. The van der Waals surface area contributed by atoms with E-state index < -0.39 is 17.8 Å². The van der Waals surface area contributed by atoms with Crippen LogP contribution in [0.4, 0.5) is 22.0 Å². The quantitative estimate of drug-likeness (QED) is 0.308. The minimum atomic E-state index is -0.779. The van der Waals surface area contributed by atoms with E-state index in [1.807, 2.05) is 30.3 Å². The molecule has 38 heavy (non-hydrogen) atoms. The molecule has 0 radical (unpaired) electrons. The summed E-state index contributed by atoms with van der Waals surface area (Å²) < 4.78 is 5.60. The second-order valence-electron chi connectivity index (χ2n) is 8.67. The van der Waals surface area contributed by atoms with Gasteiger partial charge >= 0.3 is 11.9 Å². The van der Waals surface area contributed by atoms with Gasteiger partial charge in [0.15, 0.2) is 16.9 Å². The number of aromatic nitrogens is 1. The molecule has 1 aliphatic heterocycles. The molecular weight excluding hydrogens is 488 g/mol. The van der Waals surface area contributed by atoms with E-state index in [-0.39, 0.29) is 29.1 Å². The Kier molecular flexibility index (Phi) is 7.42. The maximum absolute atomic E-state index is 13.8. The minimum Gasteiger partial charge on any atom is -0.457 e. The zero-order chi connectivity index (χ0) is 27.4. The first-order chi connectivity index (χ1) is 18.2. The van der Waals surface area contributed by atoms with E-state index in [0.717, 1.165) is 0 Å². The second-order valence-corrected chi connectivity index (χ2v) is 8.67. The molecule has 1 aromatic heterocycles. The van der Waals surface area contributed by atoms with Gasteiger partial charge in [-0.2, -0.15) is 0 Å². The van der Waals surface area contributed by atoms with Crippen LogP contribution in [0.15, 0.2) is 84.2 Å². The summed E-state index contributed by atoms with van der Waals surface area (Å²) in [5.41, 5.74) is 7.24. The van der Waals surface area contributed by atoms with Gasteiger partial charge in [0.25, 0.3) is 5.91 Å². The average molecular weight is 518 g/mol. The van der Waals surface area contributed by atoms with Crippen molar-refractivity contribution in [2.75, 3.05) is 32.6 Å². The third kappa shape index (κ3) is 4.67. The summed E-state index contributed by atoms with van der Waals surface area (Å²) in [5, 5.41) is 13.4. The SMILES string of the molecule is CC1=C(C(N)=O)C(=O)[N+](c2ccccc2)(c2ccc(Oc3ccnc(NC(=O)N(C)CCO)c3)cc2)N1C. The zero-order valence-electron chi connectivity index (χ0n) is 21.3. The van der Waals surface area contributed by atoms with E-state index >= 15 is 0 Å². The van der Waals surface area contributed by atoms with Gasteiger partial charge in [0.05, 0.1) is 19.4 Å². The number of hydrogen-bond donors (Lipinski definition) is 3. The number of nitrogens with one attached hydrogen (secondary N) is 1. The van der Waals surface area contributed by atoms with Gasteiger partial charge in [0, 0.05) is 50.1 Å². The third-order valence-electron chi connectivity index (χ3n) is 6.38. The molecule has 4 N–H and O–H groups in total. The van der Waals surface area contributed by atoms with Crippen LogP contribution in [0.25, 0.3) is 0 Å². The average Bonchev–Trinajstić information content (AvgIpc) is 3.10. The van der Waals surface area contributed by atoms with Crippen molar-refractivity contribution in [2.24, 2.45) is 5.73 Å². The minimum absolute atomic E-state index is 0.0484. The number of para-hydroxylation sites is 1. The molecule has 2 aromatic carbocycles. The zero-order valence-corrected chi connectivity index (χ0v) is 21.3. The number of pyridine rings is 1. The van der Waals surface area contributed by atoms with Gasteiger partial charge in [-0.1, -0.05) is 22.8 Å². The van der Waals surface area contributed by atoms with Crippen LogP contribution < -0.4 is 20.4 Å². The number of likely N-dealkylation sites (N-methyl/N-ethyl adjacent to an activating group) is 1. The largest absolute Gasteiger partial charge is 0.457 e. The standard InChI is InChI=1S/C27H28N6O5/c1-18-24(25(28)35)26(36)33(32(18)3,19-7-5-4-6-8-19)20-9-11-21(12-10-20)38-22-13-14-29-23(17-22)30-27(37)31(2)15-16-34/h4-14,17,34H,15-16H2,1-3H3,(H2-,28,29,30,35,37)/p+1. The summed E-state index contributed by atoms with van der Waals surface area (Å²) >= 11 is 0. The number of benzene rings is 2. The second kappa shape index (κ2) is 10.7. The Labute approximate surface area is 219 Å². The highest BCUT2D eigenvalue weighted by Gasteiger charge is 2.56. The number of primary amides is 1. The number of hydrogen-bond acceptors (Lipinski definition) is 7. The lowest BCUT2D eigenvalue weighted by Gasteiger charge is -2.37. The number of urea groups is 1. The van der Waals surface area contributed by atoms with Gasteiger partial charge in [-0.05, 0) is 25.1 Å². The van der Waals surface area contributed by atoms with Crippen LogP contribution >= 0.6 is 0 Å². The maximum Gasteiger partial charge on any atom is 0.388 e. The molecule has 0 saturated carbocycles. The highest BCUT2D eigenvalue weighted by molar-refractivity contribution is 6.24. The normalized spacial score (nSPS) is 16.9. The number of allylic oxidation sites excluding steroid dienone is 1. The smallest absolute Gasteiger partial charge is 0.388 e. The van der Waals surface area contributed by atoms with Crippen LogP contribution in [0.3, 0.4) is 0 Å². The first-order valence-electron chi connectivity index (χ1n) is 11.8. The van der Waals surface area contributed by atoms with E-state index in [9.17, 15) is 14.4 Å². The van der Waals surface area contributed by atoms with E-state index in [1.165, 1.54) is 11.1 Å². The summed E-state index contributed by atoms with van der Waals surface area (Å²) in [4.78, 5) is 43.6. The molecule has 0 bridgehead atoms. The Balaban J connectivity index is 1.63. The van der Waals surface area contributed by atoms with Crippen molar-refractivity contribution in [1.82, 2.24) is 19.5 Å². The molecule has 0 saturated heterocycles. The molecule has 1 aliphatic rings. The van der Waals surface area contributed by atoms with E-state index in [2.05, 4.69) is 10.3 Å². The van der Waals surface area contributed by atoms with Crippen molar-refractivity contribution in [3.05, 3.63) is 84.2 Å². The number of amides is 4. The van der Waals surface area contributed by atoms with Gasteiger partial charge in [-0.15, -0.1) is 0 Å². The van der Waals surface area contributed by atoms with Crippen molar-refractivity contribution < 1.29 is 24.2 Å². The van der Waals surface area contributed by atoms with Gasteiger partial charge in [0.1, 0.15) is 17.3 Å². The highest BCUT2D eigenvalue weighted by Crippen LogP contribution is 2.45. The van der Waals surface area contributed by atoms with Gasteiger partial charge in [0.2, 0.25) is 0 Å². The fourth-order valence-corrected chi connectivity index (χ4v) is 4.36. The number of nitrogens with zero attached hydrogens (tertiary/aromatic N) is 4. The highest BCUT2D eigenvalue weighted by atomic mass is 16.5. The van der Waals surface area contributed by atoms with Crippen LogP contribution in [-0.4, -0.2) is 65.1 Å². The Bertz CT molecular complexity index is 1390. The summed E-state index contributed by atoms with van der Waals surface area (Å²) in [7, 11) is 3.30. The van der Waals surface area contributed by atoms with Crippen LogP contribution in [0.1, 0.15) is 6.92 Å². The summed E-state index contributed by atoms with van der Waals surface area (Å²) in [6, 6.07) is 18.9. The van der Waals surface area contributed by atoms with Crippen molar-refractivity contribution in [2.45, 2.75) is 6.92 Å². The summed E-state index contributed by atoms with van der Waals surface area (Å²) in [6.45, 7) is 1.73. The molecule has 1 atom stereocenters. The molecule has 0 aliphatic carbocycles. The van der Waals surface area contributed by atoms with Gasteiger partial charge in [-0.3, -0.25) is 10.1 Å². The Morgan fingerprint density at radius 3 is 2.34 bits per heavy atom. The van der Waals surface area contributed by atoms with Crippen LogP contribution in [0.5, 0.6) is 11.5 Å². The molecule has 0 fully saturated rings. The number of nitrogens with two attached hydrogens (primary N) is 1. The number of carbonyl (C=O) groups is 3. The number of rotatable bonds is 8. The first-order valence-corrected chi connectivity index (χ1v) is 11.8. The van der Waals surface area contributed by atoms with Gasteiger partial charge in [-0.25, -0.2) is 19.6 Å². The number of anilines is 1. The number of aliphatic hydroxyl groups excluding tert-OH is 1. The molecule has 1 unspecified atom stereocenters. The van der Waals surface area contributed by atoms with Crippen LogP contribution in [0, 0.1) is 0 Å². The molecule has 2 heterocycles. The molecule has 11 heteroatoms. The summed E-state index contributed by atoms with van der Waals surface area (Å²) in [6.07, 6.45) is 1.50.